The summed E-state index contributed by atoms with van der Waals surface area (Å²) in [6.45, 7) is 0. The molecule has 0 aliphatic heterocycles. The standard InChI is InChI=1S/C18H14BrNO2/c1-22-15-10-9-14(19)16(18(15)21)17(20)13-8-4-6-11-5-2-3-7-12(11)13/h2-10,20-21H,1H3. The Kier molecular flexibility index (Phi) is 3.86. The van der Waals surface area contributed by atoms with Gasteiger partial charge in [0.2, 0.25) is 0 Å². The summed E-state index contributed by atoms with van der Waals surface area (Å²) < 4.78 is 5.80. The maximum atomic E-state index is 10.4. The number of hydrogen-bond acceptors (Lipinski definition) is 3. The highest BCUT2D eigenvalue weighted by Crippen LogP contribution is 2.37. The van der Waals surface area contributed by atoms with Gasteiger partial charge in [0.05, 0.1) is 18.4 Å². The van der Waals surface area contributed by atoms with Gasteiger partial charge in [-0.15, -0.1) is 0 Å². The third kappa shape index (κ3) is 2.35. The van der Waals surface area contributed by atoms with E-state index in [9.17, 15) is 5.11 Å². The van der Waals surface area contributed by atoms with E-state index in [1.165, 1.54) is 7.11 Å². The minimum atomic E-state index is -0.0326. The molecule has 0 heterocycles. The van der Waals surface area contributed by atoms with E-state index in [0.717, 1.165) is 16.3 Å². The number of nitrogens with one attached hydrogen (secondary N) is 1. The molecule has 2 N–H and O–H groups in total. The number of phenols is 1. The van der Waals surface area contributed by atoms with E-state index in [2.05, 4.69) is 15.9 Å². The summed E-state index contributed by atoms with van der Waals surface area (Å²) in [6.07, 6.45) is 0. The molecule has 4 heteroatoms. The van der Waals surface area contributed by atoms with E-state index in [0.29, 0.717) is 15.8 Å². The predicted molar refractivity (Wildman–Crippen MR) is 92.2 cm³/mol. The third-order valence-corrected chi connectivity index (χ3v) is 4.28. The zero-order chi connectivity index (χ0) is 15.7. The van der Waals surface area contributed by atoms with Crippen LogP contribution in [0, 0.1) is 5.41 Å². The Hall–Kier alpha value is -2.33. The molecule has 0 aliphatic carbocycles. The van der Waals surface area contributed by atoms with Gasteiger partial charge in [-0.1, -0.05) is 42.5 Å². The topological polar surface area (TPSA) is 53.3 Å². The second-order valence-electron chi connectivity index (χ2n) is 4.87. The summed E-state index contributed by atoms with van der Waals surface area (Å²) in [4.78, 5) is 0. The molecule has 0 unspecified atom stereocenters. The van der Waals surface area contributed by atoms with E-state index in [4.69, 9.17) is 10.1 Å². The van der Waals surface area contributed by atoms with E-state index in [-0.39, 0.29) is 11.5 Å². The van der Waals surface area contributed by atoms with E-state index >= 15 is 0 Å². The minimum absolute atomic E-state index is 0.0326. The Bertz CT molecular complexity index is 869. The molecular formula is C18H14BrNO2. The zero-order valence-corrected chi connectivity index (χ0v) is 13.5. The monoisotopic (exact) mass is 355 g/mol. The smallest absolute Gasteiger partial charge is 0.168 e. The first-order valence-corrected chi connectivity index (χ1v) is 7.55. The molecule has 110 valence electrons. The number of methoxy groups -OCH3 is 1. The van der Waals surface area contributed by atoms with Crippen molar-refractivity contribution in [1.82, 2.24) is 0 Å². The first-order chi connectivity index (χ1) is 10.6. The van der Waals surface area contributed by atoms with Crippen molar-refractivity contribution in [2.45, 2.75) is 0 Å². The molecule has 0 fully saturated rings. The van der Waals surface area contributed by atoms with Crippen LogP contribution in [0.2, 0.25) is 0 Å². The van der Waals surface area contributed by atoms with Crippen LogP contribution in [0.4, 0.5) is 0 Å². The Labute approximate surface area is 136 Å². The van der Waals surface area contributed by atoms with Crippen LogP contribution in [0.15, 0.2) is 59.1 Å². The van der Waals surface area contributed by atoms with Gasteiger partial charge >= 0.3 is 0 Å². The summed E-state index contributed by atoms with van der Waals surface area (Å²) >= 11 is 3.42. The van der Waals surface area contributed by atoms with Crippen LogP contribution in [0.5, 0.6) is 11.5 Å². The molecule has 0 radical (unpaired) electrons. The highest BCUT2D eigenvalue weighted by atomic mass is 79.9. The lowest BCUT2D eigenvalue weighted by atomic mass is 9.96. The van der Waals surface area contributed by atoms with Crippen molar-refractivity contribution in [3.63, 3.8) is 0 Å². The van der Waals surface area contributed by atoms with Gasteiger partial charge in [-0.25, -0.2) is 0 Å². The van der Waals surface area contributed by atoms with E-state index < -0.39 is 0 Å². The van der Waals surface area contributed by atoms with Crippen molar-refractivity contribution in [2.75, 3.05) is 7.11 Å². The average molecular weight is 356 g/mol. The summed E-state index contributed by atoms with van der Waals surface area (Å²) in [5, 5.41) is 21.0. The van der Waals surface area contributed by atoms with Gasteiger partial charge in [-0.05, 0) is 38.8 Å². The fourth-order valence-corrected chi connectivity index (χ4v) is 3.05. The fraction of sp³-hybridized carbons (Fsp3) is 0.0556. The van der Waals surface area contributed by atoms with Gasteiger partial charge in [0, 0.05) is 10.0 Å². The summed E-state index contributed by atoms with van der Waals surface area (Å²) in [5.74, 6) is 0.318. The average Bonchev–Trinajstić information content (AvgIpc) is 2.54. The first-order valence-electron chi connectivity index (χ1n) is 6.76. The number of fused-ring (bicyclic) bond motifs is 1. The number of benzene rings is 3. The van der Waals surface area contributed by atoms with Crippen molar-refractivity contribution in [3.05, 3.63) is 70.2 Å². The number of ether oxygens (including phenoxy) is 1. The van der Waals surface area contributed by atoms with Crippen LogP contribution in [0.3, 0.4) is 0 Å². The van der Waals surface area contributed by atoms with Crippen molar-refractivity contribution < 1.29 is 9.84 Å². The lowest BCUT2D eigenvalue weighted by Gasteiger charge is -2.14. The molecule has 0 atom stereocenters. The van der Waals surface area contributed by atoms with Gasteiger partial charge in [0.1, 0.15) is 0 Å². The molecular weight excluding hydrogens is 342 g/mol. The molecule has 3 aromatic carbocycles. The predicted octanol–water partition coefficient (Wildman–Crippen LogP) is 4.73. The molecule has 0 amide bonds. The second kappa shape index (κ2) is 5.81. The molecule has 22 heavy (non-hydrogen) atoms. The molecule has 0 aromatic heterocycles. The number of hydrogen-bond donors (Lipinski definition) is 2. The molecule has 0 spiro atoms. The lowest BCUT2D eigenvalue weighted by molar-refractivity contribution is 0.373. The first kappa shape index (κ1) is 14.6. The Balaban J connectivity index is 2.23. The quantitative estimate of drug-likeness (QED) is 0.667. The zero-order valence-electron chi connectivity index (χ0n) is 11.9. The largest absolute Gasteiger partial charge is 0.504 e. The molecule has 3 rings (SSSR count). The number of halogens is 1. The van der Waals surface area contributed by atoms with Crippen LogP contribution in [0.25, 0.3) is 10.8 Å². The highest BCUT2D eigenvalue weighted by Gasteiger charge is 2.18. The second-order valence-corrected chi connectivity index (χ2v) is 5.73. The van der Waals surface area contributed by atoms with Crippen LogP contribution in [0.1, 0.15) is 11.1 Å². The van der Waals surface area contributed by atoms with Crippen LogP contribution in [-0.4, -0.2) is 17.9 Å². The van der Waals surface area contributed by atoms with Crippen LogP contribution in [-0.2, 0) is 0 Å². The van der Waals surface area contributed by atoms with Crippen LogP contribution < -0.4 is 4.74 Å². The number of aromatic hydroxyl groups is 1. The van der Waals surface area contributed by atoms with Gasteiger partial charge in [0.25, 0.3) is 0 Å². The minimum Gasteiger partial charge on any atom is -0.504 e. The lowest BCUT2D eigenvalue weighted by Crippen LogP contribution is -2.04. The molecule has 0 bridgehead atoms. The van der Waals surface area contributed by atoms with Crippen LogP contribution >= 0.6 is 15.9 Å². The van der Waals surface area contributed by atoms with Gasteiger partial charge in [-0.2, -0.15) is 0 Å². The van der Waals surface area contributed by atoms with E-state index in [1.54, 1.807) is 12.1 Å². The third-order valence-electron chi connectivity index (χ3n) is 3.62. The van der Waals surface area contributed by atoms with Gasteiger partial charge in [0.15, 0.2) is 11.5 Å². The van der Waals surface area contributed by atoms with Crippen molar-refractivity contribution in [1.29, 1.82) is 5.41 Å². The van der Waals surface area contributed by atoms with Crippen molar-refractivity contribution in [2.24, 2.45) is 0 Å². The van der Waals surface area contributed by atoms with Crippen molar-refractivity contribution in [3.8, 4) is 11.5 Å². The Morgan fingerprint density at radius 3 is 2.55 bits per heavy atom. The Morgan fingerprint density at radius 2 is 1.77 bits per heavy atom. The maximum Gasteiger partial charge on any atom is 0.168 e. The van der Waals surface area contributed by atoms with E-state index in [1.807, 2.05) is 42.5 Å². The van der Waals surface area contributed by atoms with Gasteiger partial charge in [-0.3, -0.25) is 5.41 Å². The number of rotatable bonds is 3. The normalized spacial score (nSPS) is 10.6. The molecule has 0 saturated carbocycles. The van der Waals surface area contributed by atoms with Gasteiger partial charge < -0.3 is 9.84 Å². The summed E-state index contributed by atoms with van der Waals surface area (Å²) in [6, 6.07) is 17.1. The molecule has 3 aromatic rings. The number of phenolic OH excluding ortho intramolecular Hbond substituents is 1. The molecule has 0 saturated heterocycles. The SMILES string of the molecule is COc1ccc(Br)c(C(=N)c2cccc3ccccc23)c1O. The molecule has 0 aliphatic rings. The fourth-order valence-electron chi connectivity index (χ4n) is 2.53. The highest BCUT2D eigenvalue weighted by molar-refractivity contribution is 9.10. The molecule has 3 nitrogen and oxygen atoms in total. The summed E-state index contributed by atoms with van der Waals surface area (Å²) in [7, 11) is 1.49. The van der Waals surface area contributed by atoms with Crippen molar-refractivity contribution >= 4 is 32.4 Å². The summed E-state index contributed by atoms with van der Waals surface area (Å²) in [5.41, 5.74) is 1.44. The maximum absolute atomic E-state index is 10.4. The Morgan fingerprint density at radius 1 is 1.05 bits per heavy atom.